The number of ketones is 1. The molecule has 2 aromatic rings. The van der Waals surface area contributed by atoms with Crippen LogP contribution < -0.4 is 11.5 Å². The highest BCUT2D eigenvalue weighted by atomic mass is 79.9. The van der Waals surface area contributed by atoms with Crippen molar-refractivity contribution in [3.8, 4) is 0 Å². The van der Waals surface area contributed by atoms with Crippen LogP contribution in [0.1, 0.15) is 20.8 Å². The number of anilines is 2. The lowest BCUT2D eigenvalue weighted by atomic mass is 10.1. The van der Waals surface area contributed by atoms with E-state index in [1.165, 1.54) is 11.3 Å². The molecule has 3 nitrogen and oxygen atoms in total. The topological polar surface area (TPSA) is 69.1 Å². The van der Waals surface area contributed by atoms with Crippen molar-refractivity contribution in [1.29, 1.82) is 0 Å². The molecule has 0 bridgehead atoms. The minimum Gasteiger partial charge on any atom is -0.399 e. The number of aryl methyl sites for hydroxylation is 1. The minimum atomic E-state index is -0.0530. The van der Waals surface area contributed by atoms with Crippen LogP contribution >= 0.6 is 27.3 Å². The van der Waals surface area contributed by atoms with Crippen molar-refractivity contribution in [3.63, 3.8) is 0 Å². The van der Waals surface area contributed by atoms with Gasteiger partial charge in [-0.1, -0.05) is 0 Å². The van der Waals surface area contributed by atoms with Crippen molar-refractivity contribution in [3.05, 3.63) is 44.1 Å². The van der Waals surface area contributed by atoms with Gasteiger partial charge in [0.15, 0.2) is 0 Å². The van der Waals surface area contributed by atoms with Gasteiger partial charge < -0.3 is 11.5 Å². The lowest BCUT2D eigenvalue weighted by molar-refractivity contribution is 0.104. The fourth-order valence-electron chi connectivity index (χ4n) is 1.52. The molecule has 0 amide bonds. The standard InChI is InChI=1S/C12H11BrN2OS/c1-6-2-10(17-12(6)13)11(16)7-3-8(14)5-9(15)4-7/h2-5H,14-15H2,1H3. The molecule has 0 radical (unpaired) electrons. The molecule has 0 saturated carbocycles. The van der Waals surface area contributed by atoms with Gasteiger partial charge in [-0.2, -0.15) is 0 Å². The second-order valence-electron chi connectivity index (χ2n) is 3.78. The summed E-state index contributed by atoms with van der Waals surface area (Å²) in [7, 11) is 0. The summed E-state index contributed by atoms with van der Waals surface area (Å²) in [6, 6.07) is 6.77. The molecule has 0 aliphatic heterocycles. The Morgan fingerprint density at radius 3 is 2.24 bits per heavy atom. The SMILES string of the molecule is Cc1cc(C(=O)c2cc(N)cc(N)c2)sc1Br. The van der Waals surface area contributed by atoms with Gasteiger partial charge in [0, 0.05) is 16.9 Å². The number of nitrogens with two attached hydrogens (primary N) is 2. The molecule has 4 N–H and O–H groups in total. The summed E-state index contributed by atoms with van der Waals surface area (Å²) in [5, 5.41) is 0. The molecule has 0 fully saturated rings. The third-order valence-electron chi connectivity index (χ3n) is 2.32. The van der Waals surface area contributed by atoms with Gasteiger partial charge in [-0.15, -0.1) is 11.3 Å². The number of thiophene rings is 1. The molecule has 0 aliphatic carbocycles. The quantitative estimate of drug-likeness (QED) is 0.661. The van der Waals surface area contributed by atoms with E-state index in [9.17, 15) is 4.79 Å². The summed E-state index contributed by atoms with van der Waals surface area (Å²) < 4.78 is 0.970. The molecule has 0 saturated heterocycles. The highest BCUT2D eigenvalue weighted by Crippen LogP contribution is 2.29. The van der Waals surface area contributed by atoms with E-state index in [0.29, 0.717) is 21.8 Å². The van der Waals surface area contributed by atoms with Gasteiger partial charge in [-0.3, -0.25) is 4.79 Å². The van der Waals surface area contributed by atoms with Gasteiger partial charge in [-0.05, 0) is 52.7 Å². The summed E-state index contributed by atoms with van der Waals surface area (Å²) in [6.45, 7) is 1.95. The highest BCUT2D eigenvalue weighted by molar-refractivity contribution is 9.11. The van der Waals surface area contributed by atoms with E-state index in [0.717, 1.165) is 9.35 Å². The fraction of sp³-hybridized carbons (Fsp3) is 0.0833. The van der Waals surface area contributed by atoms with Crippen LogP contribution in [0.2, 0.25) is 0 Å². The first-order valence-electron chi connectivity index (χ1n) is 4.94. The molecule has 0 spiro atoms. The van der Waals surface area contributed by atoms with Crippen molar-refractivity contribution in [2.45, 2.75) is 6.92 Å². The fourth-order valence-corrected chi connectivity index (χ4v) is 3.02. The van der Waals surface area contributed by atoms with Crippen molar-refractivity contribution in [2.24, 2.45) is 0 Å². The van der Waals surface area contributed by atoms with Gasteiger partial charge in [0.2, 0.25) is 5.78 Å². The van der Waals surface area contributed by atoms with Crippen molar-refractivity contribution < 1.29 is 4.79 Å². The Morgan fingerprint density at radius 2 is 1.76 bits per heavy atom. The number of carbonyl (C=O) groups excluding carboxylic acids is 1. The number of halogens is 1. The molecule has 1 aromatic heterocycles. The second kappa shape index (κ2) is 4.50. The normalized spacial score (nSPS) is 10.5. The molecule has 0 atom stereocenters. The van der Waals surface area contributed by atoms with Crippen molar-refractivity contribution in [1.82, 2.24) is 0 Å². The lowest BCUT2D eigenvalue weighted by Gasteiger charge is -2.02. The van der Waals surface area contributed by atoms with E-state index < -0.39 is 0 Å². The first kappa shape index (κ1) is 12.1. The number of rotatable bonds is 2. The number of hydrogen-bond donors (Lipinski definition) is 2. The summed E-state index contributed by atoms with van der Waals surface area (Å²) in [5.74, 6) is -0.0530. The maximum absolute atomic E-state index is 12.2. The molecule has 0 aliphatic rings. The summed E-state index contributed by atoms with van der Waals surface area (Å²) in [6.07, 6.45) is 0. The van der Waals surface area contributed by atoms with Gasteiger partial charge in [-0.25, -0.2) is 0 Å². The van der Waals surface area contributed by atoms with E-state index in [-0.39, 0.29) is 5.78 Å². The number of carbonyl (C=O) groups is 1. The number of hydrogen-bond acceptors (Lipinski definition) is 4. The van der Waals surface area contributed by atoms with Crippen LogP contribution in [0.25, 0.3) is 0 Å². The largest absolute Gasteiger partial charge is 0.399 e. The molecule has 1 aromatic carbocycles. The zero-order valence-corrected chi connectivity index (χ0v) is 11.6. The highest BCUT2D eigenvalue weighted by Gasteiger charge is 2.14. The minimum absolute atomic E-state index is 0.0530. The average Bonchev–Trinajstić information content (AvgIpc) is 2.57. The Balaban J connectivity index is 2.43. The van der Waals surface area contributed by atoms with Crippen LogP contribution in [0.4, 0.5) is 11.4 Å². The van der Waals surface area contributed by atoms with Crippen molar-refractivity contribution in [2.75, 3.05) is 11.5 Å². The molecule has 5 heteroatoms. The molecular weight excluding hydrogens is 300 g/mol. The Kier molecular flexibility index (Phi) is 3.22. The van der Waals surface area contributed by atoms with Crippen LogP contribution in [0.3, 0.4) is 0 Å². The molecule has 88 valence electrons. The van der Waals surface area contributed by atoms with Crippen LogP contribution in [-0.2, 0) is 0 Å². The summed E-state index contributed by atoms with van der Waals surface area (Å²) >= 11 is 4.82. The van der Waals surface area contributed by atoms with Gasteiger partial charge >= 0.3 is 0 Å². The predicted molar refractivity (Wildman–Crippen MR) is 75.5 cm³/mol. The molecule has 1 heterocycles. The van der Waals surface area contributed by atoms with Gasteiger partial charge in [0.1, 0.15) is 0 Å². The maximum atomic E-state index is 12.2. The Labute approximate surface area is 112 Å². The first-order valence-corrected chi connectivity index (χ1v) is 6.55. The second-order valence-corrected chi connectivity index (χ2v) is 6.15. The smallest absolute Gasteiger partial charge is 0.203 e. The van der Waals surface area contributed by atoms with Gasteiger partial charge in [0.05, 0.1) is 8.66 Å². The van der Waals surface area contributed by atoms with E-state index in [4.69, 9.17) is 11.5 Å². The van der Waals surface area contributed by atoms with Crippen LogP contribution in [0.5, 0.6) is 0 Å². The van der Waals surface area contributed by atoms with E-state index >= 15 is 0 Å². The molecular formula is C12H11BrN2OS. The molecule has 2 rings (SSSR count). The summed E-state index contributed by atoms with van der Waals surface area (Å²) in [5.41, 5.74) is 13.9. The average molecular weight is 311 g/mol. The zero-order valence-electron chi connectivity index (χ0n) is 9.16. The molecule has 0 unspecified atom stereocenters. The maximum Gasteiger partial charge on any atom is 0.203 e. The van der Waals surface area contributed by atoms with Gasteiger partial charge in [0.25, 0.3) is 0 Å². The Bertz CT molecular complexity index is 552. The molecule has 17 heavy (non-hydrogen) atoms. The Morgan fingerprint density at radius 1 is 1.18 bits per heavy atom. The van der Waals surface area contributed by atoms with E-state index in [1.54, 1.807) is 18.2 Å². The first-order chi connectivity index (χ1) is 7.97. The third-order valence-corrected chi connectivity index (χ3v) is 4.46. The predicted octanol–water partition coefficient (Wildman–Crippen LogP) is 3.21. The number of benzene rings is 1. The summed E-state index contributed by atoms with van der Waals surface area (Å²) in [4.78, 5) is 12.9. The monoisotopic (exact) mass is 310 g/mol. The van der Waals surface area contributed by atoms with Crippen molar-refractivity contribution >= 4 is 44.4 Å². The van der Waals surface area contributed by atoms with Crippen LogP contribution in [-0.4, -0.2) is 5.78 Å². The van der Waals surface area contributed by atoms with Crippen LogP contribution in [0.15, 0.2) is 28.1 Å². The number of nitrogen functional groups attached to an aromatic ring is 2. The third kappa shape index (κ3) is 2.50. The van der Waals surface area contributed by atoms with E-state index in [2.05, 4.69) is 15.9 Å². The Hall–Kier alpha value is -1.33. The van der Waals surface area contributed by atoms with Crippen LogP contribution in [0, 0.1) is 6.92 Å². The van der Waals surface area contributed by atoms with E-state index in [1.807, 2.05) is 13.0 Å². The zero-order chi connectivity index (χ0) is 12.6. The lowest BCUT2D eigenvalue weighted by Crippen LogP contribution is -2.01.